The van der Waals surface area contributed by atoms with E-state index in [1.807, 2.05) is 12.1 Å². The first-order chi connectivity index (χ1) is 9.11. The number of nitrogens with two attached hydrogens (primary N) is 1. The summed E-state index contributed by atoms with van der Waals surface area (Å²) in [4.78, 5) is 4.35. The maximum absolute atomic E-state index is 13.1. The highest BCUT2D eigenvalue weighted by Crippen LogP contribution is 2.21. The van der Waals surface area contributed by atoms with Gasteiger partial charge in [0.2, 0.25) is 0 Å². The van der Waals surface area contributed by atoms with Crippen LogP contribution in [0.3, 0.4) is 0 Å². The van der Waals surface area contributed by atoms with Gasteiger partial charge in [-0.05, 0) is 42.2 Å². The minimum absolute atomic E-state index is 0.126. The summed E-state index contributed by atoms with van der Waals surface area (Å²) in [6.07, 6.45) is 3.22. The van der Waals surface area contributed by atoms with Gasteiger partial charge in [-0.2, -0.15) is 0 Å². The molecule has 0 aliphatic carbocycles. The molecule has 100 valence electrons. The van der Waals surface area contributed by atoms with Crippen molar-refractivity contribution < 1.29 is 4.39 Å². The molecule has 0 bridgehead atoms. The molecule has 0 aliphatic rings. The van der Waals surface area contributed by atoms with Crippen molar-refractivity contribution in [3.8, 4) is 0 Å². The highest BCUT2D eigenvalue weighted by Gasteiger charge is 2.13. The number of hydrogen-bond acceptors (Lipinski definition) is 2. The second-order valence-electron chi connectivity index (χ2n) is 4.46. The molecule has 2 rings (SSSR count). The second kappa shape index (κ2) is 6.13. The van der Waals surface area contributed by atoms with Crippen LogP contribution < -0.4 is 5.73 Å². The number of hydrogen-bond donors (Lipinski definition) is 1. The Morgan fingerprint density at radius 2 is 2.16 bits per heavy atom. The van der Waals surface area contributed by atoms with Gasteiger partial charge in [0.15, 0.2) is 0 Å². The highest BCUT2D eigenvalue weighted by atomic mass is 35.5. The van der Waals surface area contributed by atoms with Crippen LogP contribution in [0.2, 0.25) is 5.02 Å². The Balaban J connectivity index is 2.20. The molecule has 1 unspecified atom stereocenters. The molecule has 2 aromatic rings. The van der Waals surface area contributed by atoms with Crippen molar-refractivity contribution in [2.24, 2.45) is 5.73 Å². The molecule has 4 heteroatoms. The van der Waals surface area contributed by atoms with Crippen molar-refractivity contribution in [3.63, 3.8) is 0 Å². The summed E-state index contributed by atoms with van der Waals surface area (Å²) in [5, 5.41) is 0.126. The SMILES string of the molecule is CCc1cccnc1C(N)Cc1ccc(F)c(Cl)c1. The molecule has 0 radical (unpaired) electrons. The van der Waals surface area contributed by atoms with E-state index in [1.54, 1.807) is 18.3 Å². The van der Waals surface area contributed by atoms with E-state index < -0.39 is 5.82 Å². The van der Waals surface area contributed by atoms with E-state index in [9.17, 15) is 4.39 Å². The Hall–Kier alpha value is -1.45. The number of benzene rings is 1. The Labute approximate surface area is 117 Å². The zero-order valence-electron chi connectivity index (χ0n) is 10.7. The molecular weight excluding hydrogens is 263 g/mol. The van der Waals surface area contributed by atoms with Crippen molar-refractivity contribution >= 4 is 11.6 Å². The number of aromatic nitrogens is 1. The number of rotatable bonds is 4. The molecule has 0 saturated heterocycles. The van der Waals surface area contributed by atoms with E-state index >= 15 is 0 Å². The van der Waals surface area contributed by atoms with Gasteiger partial charge in [0, 0.05) is 6.20 Å². The Morgan fingerprint density at radius 3 is 2.84 bits per heavy atom. The maximum atomic E-state index is 13.1. The predicted octanol–water partition coefficient (Wildman–Crippen LogP) is 3.68. The molecule has 19 heavy (non-hydrogen) atoms. The predicted molar refractivity (Wildman–Crippen MR) is 75.7 cm³/mol. The third-order valence-corrected chi connectivity index (χ3v) is 3.39. The fraction of sp³-hybridized carbons (Fsp3) is 0.267. The van der Waals surface area contributed by atoms with Crippen molar-refractivity contribution in [2.45, 2.75) is 25.8 Å². The molecule has 2 nitrogen and oxygen atoms in total. The Morgan fingerprint density at radius 1 is 1.37 bits per heavy atom. The van der Waals surface area contributed by atoms with Crippen LogP contribution in [0.25, 0.3) is 0 Å². The van der Waals surface area contributed by atoms with Gasteiger partial charge in [-0.15, -0.1) is 0 Å². The smallest absolute Gasteiger partial charge is 0.141 e. The second-order valence-corrected chi connectivity index (χ2v) is 4.87. The Bertz CT molecular complexity index is 572. The van der Waals surface area contributed by atoms with Gasteiger partial charge in [-0.25, -0.2) is 4.39 Å². The summed E-state index contributed by atoms with van der Waals surface area (Å²) in [6.45, 7) is 2.07. The lowest BCUT2D eigenvalue weighted by atomic mass is 9.99. The van der Waals surface area contributed by atoms with Gasteiger partial charge < -0.3 is 5.73 Å². The molecule has 1 heterocycles. The summed E-state index contributed by atoms with van der Waals surface area (Å²) in [5.41, 5.74) is 9.14. The van der Waals surface area contributed by atoms with Crippen LogP contribution >= 0.6 is 11.6 Å². The van der Waals surface area contributed by atoms with Gasteiger partial charge in [0.25, 0.3) is 0 Å². The van der Waals surface area contributed by atoms with Crippen LogP contribution in [0.15, 0.2) is 36.5 Å². The van der Waals surface area contributed by atoms with E-state index in [1.165, 1.54) is 6.07 Å². The Kier molecular flexibility index (Phi) is 4.51. The monoisotopic (exact) mass is 278 g/mol. The first-order valence-electron chi connectivity index (χ1n) is 6.25. The summed E-state index contributed by atoms with van der Waals surface area (Å²) < 4.78 is 13.1. The number of aryl methyl sites for hydroxylation is 1. The van der Waals surface area contributed by atoms with E-state index in [0.29, 0.717) is 6.42 Å². The average Bonchev–Trinajstić information content (AvgIpc) is 2.43. The van der Waals surface area contributed by atoms with Crippen LogP contribution in [0, 0.1) is 5.82 Å². The normalized spacial score (nSPS) is 12.4. The van der Waals surface area contributed by atoms with Crippen LogP contribution in [0.1, 0.15) is 29.8 Å². The van der Waals surface area contributed by atoms with E-state index in [4.69, 9.17) is 17.3 Å². The average molecular weight is 279 g/mol. The first kappa shape index (κ1) is 14.0. The van der Waals surface area contributed by atoms with Crippen LogP contribution in [0.5, 0.6) is 0 Å². The summed E-state index contributed by atoms with van der Waals surface area (Å²) >= 11 is 5.77. The topological polar surface area (TPSA) is 38.9 Å². The van der Waals surface area contributed by atoms with Crippen LogP contribution in [0.4, 0.5) is 4.39 Å². The van der Waals surface area contributed by atoms with Crippen molar-refractivity contribution in [1.82, 2.24) is 4.98 Å². The lowest BCUT2D eigenvalue weighted by Gasteiger charge is -2.14. The summed E-state index contributed by atoms with van der Waals surface area (Å²) in [7, 11) is 0. The molecule has 0 spiro atoms. The molecule has 0 amide bonds. The molecule has 2 N–H and O–H groups in total. The van der Waals surface area contributed by atoms with Gasteiger partial charge >= 0.3 is 0 Å². The third-order valence-electron chi connectivity index (χ3n) is 3.10. The molecule has 1 atom stereocenters. The van der Waals surface area contributed by atoms with Gasteiger partial charge in [0.1, 0.15) is 5.82 Å². The zero-order valence-corrected chi connectivity index (χ0v) is 11.5. The lowest BCUT2D eigenvalue weighted by molar-refractivity contribution is 0.625. The van der Waals surface area contributed by atoms with Crippen LogP contribution in [-0.4, -0.2) is 4.98 Å². The maximum Gasteiger partial charge on any atom is 0.141 e. The van der Waals surface area contributed by atoms with Crippen molar-refractivity contribution in [3.05, 3.63) is 64.2 Å². The van der Waals surface area contributed by atoms with E-state index in [0.717, 1.165) is 23.2 Å². The minimum atomic E-state index is -0.411. The van der Waals surface area contributed by atoms with Crippen molar-refractivity contribution in [2.75, 3.05) is 0 Å². The number of nitrogens with zero attached hydrogens (tertiary/aromatic N) is 1. The largest absolute Gasteiger partial charge is 0.322 e. The number of halogens is 2. The summed E-state index contributed by atoms with van der Waals surface area (Å²) in [6, 6.07) is 8.41. The lowest BCUT2D eigenvalue weighted by Crippen LogP contribution is -2.17. The standard InChI is InChI=1S/C15H16ClFN2/c1-2-11-4-3-7-19-15(11)14(18)9-10-5-6-13(17)12(16)8-10/h3-8,14H,2,9,18H2,1H3. The first-order valence-corrected chi connectivity index (χ1v) is 6.63. The minimum Gasteiger partial charge on any atom is -0.322 e. The fourth-order valence-corrected chi connectivity index (χ4v) is 2.30. The van der Waals surface area contributed by atoms with Gasteiger partial charge in [-0.1, -0.05) is 30.7 Å². The highest BCUT2D eigenvalue weighted by molar-refractivity contribution is 6.30. The molecule has 0 fully saturated rings. The molecule has 0 aliphatic heterocycles. The summed E-state index contributed by atoms with van der Waals surface area (Å²) in [5.74, 6) is -0.411. The van der Waals surface area contributed by atoms with Crippen LogP contribution in [-0.2, 0) is 12.8 Å². The fourth-order valence-electron chi connectivity index (χ4n) is 2.10. The molecule has 1 aromatic carbocycles. The van der Waals surface area contributed by atoms with Crippen molar-refractivity contribution in [1.29, 1.82) is 0 Å². The van der Waals surface area contributed by atoms with Gasteiger partial charge in [0.05, 0.1) is 16.8 Å². The van der Waals surface area contributed by atoms with Gasteiger partial charge in [-0.3, -0.25) is 4.98 Å². The number of pyridine rings is 1. The zero-order chi connectivity index (χ0) is 13.8. The molecule has 0 saturated carbocycles. The molecule has 1 aromatic heterocycles. The third kappa shape index (κ3) is 3.31. The quantitative estimate of drug-likeness (QED) is 0.927. The van der Waals surface area contributed by atoms with E-state index in [-0.39, 0.29) is 11.1 Å². The van der Waals surface area contributed by atoms with E-state index in [2.05, 4.69) is 11.9 Å². The molecular formula is C15H16ClFN2.